The molecule has 1 saturated heterocycles. The largest absolute Gasteiger partial charge is 0.373 e. The minimum atomic E-state index is 0.578. The van der Waals surface area contributed by atoms with Crippen molar-refractivity contribution in [3.05, 3.63) is 42.7 Å². The zero-order valence-electron chi connectivity index (χ0n) is 13.6. The minimum absolute atomic E-state index is 0.578. The van der Waals surface area contributed by atoms with Gasteiger partial charge in [-0.1, -0.05) is 0 Å². The van der Waals surface area contributed by atoms with Gasteiger partial charge in [0.25, 0.3) is 0 Å². The molecular weight excluding hydrogens is 302 g/mol. The fraction of sp³-hybridized carbons (Fsp3) is 0.353. The Morgan fingerprint density at radius 2 is 2.12 bits per heavy atom. The Balaban J connectivity index is 1.47. The third-order valence-corrected chi connectivity index (χ3v) is 4.44. The van der Waals surface area contributed by atoms with Crippen LogP contribution < -0.4 is 10.2 Å². The number of fused-ring (bicyclic) bond motifs is 1. The molecule has 0 bridgehead atoms. The van der Waals surface area contributed by atoms with Crippen molar-refractivity contribution in [2.45, 2.75) is 12.8 Å². The van der Waals surface area contributed by atoms with Crippen molar-refractivity contribution >= 4 is 22.7 Å². The lowest BCUT2D eigenvalue weighted by molar-refractivity contribution is 0.577. The lowest BCUT2D eigenvalue weighted by Gasteiger charge is -2.17. The van der Waals surface area contributed by atoms with Crippen LogP contribution in [0.5, 0.6) is 0 Å². The predicted octanol–water partition coefficient (Wildman–Crippen LogP) is 1.93. The van der Waals surface area contributed by atoms with Gasteiger partial charge >= 0.3 is 0 Å². The Kier molecular flexibility index (Phi) is 3.90. The number of rotatable bonds is 4. The van der Waals surface area contributed by atoms with Gasteiger partial charge in [-0.05, 0) is 30.9 Å². The molecular formula is C17H19N7. The van der Waals surface area contributed by atoms with E-state index in [1.165, 1.54) is 0 Å². The number of hydrogen-bond donors (Lipinski definition) is 1. The Hall–Kier alpha value is -2.83. The SMILES string of the molecule is CNc1cc(CC2CCN(c3ccc4ncncc4n3)C2)ncn1. The fourth-order valence-corrected chi connectivity index (χ4v) is 3.19. The van der Waals surface area contributed by atoms with Crippen molar-refractivity contribution in [2.75, 3.05) is 30.4 Å². The van der Waals surface area contributed by atoms with Gasteiger partial charge < -0.3 is 10.2 Å². The summed E-state index contributed by atoms with van der Waals surface area (Å²) in [6.45, 7) is 2.01. The van der Waals surface area contributed by atoms with E-state index in [9.17, 15) is 0 Å². The quantitative estimate of drug-likeness (QED) is 0.786. The van der Waals surface area contributed by atoms with E-state index in [1.807, 2.05) is 25.2 Å². The van der Waals surface area contributed by atoms with Gasteiger partial charge in [0.05, 0.1) is 11.7 Å². The molecule has 7 nitrogen and oxygen atoms in total. The maximum absolute atomic E-state index is 4.69. The summed E-state index contributed by atoms with van der Waals surface area (Å²) >= 11 is 0. The summed E-state index contributed by atoms with van der Waals surface area (Å²) in [5.41, 5.74) is 2.80. The van der Waals surface area contributed by atoms with E-state index in [2.05, 4.69) is 30.2 Å². The zero-order valence-corrected chi connectivity index (χ0v) is 13.6. The highest BCUT2D eigenvalue weighted by Gasteiger charge is 2.24. The molecule has 4 rings (SSSR count). The van der Waals surface area contributed by atoms with Gasteiger partial charge in [0, 0.05) is 31.9 Å². The standard InChI is InChI=1S/C17H19N7/c1-18-16-7-13(20-11-22-16)6-12-4-5-24(9-12)17-3-2-14-15(23-17)8-19-10-21-14/h2-3,7-8,10-12H,4-6,9H2,1H3,(H,18,20,22). The van der Waals surface area contributed by atoms with Gasteiger partial charge in [-0.2, -0.15) is 0 Å². The predicted molar refractivity (Wildman–Crippen MR) is 92.9 cm³/mol. The molecule has 1 N–H and O–H groups in total. The molecule has 0 saturated carbocycles. The number of aromatic nitrogens is 5. The number of nitrogens with one attached hydrogen (secondary N) is 1. The van der Waals surface area contributed by atoms with E-state index < -0.39 is 0 Å². The summed E-state index contributed by atoms with van der Waals surface area (Å²) in [7, 11) is 1.87. The second kappa shape index (κ2) is 6.35. The van der Waals surface area contributed by atoms with Gasteiger partial charge in [0.2, 0.25) is 0 Å². The monoisotopic (exact) mass is 321 g/mol. The summed E-state index contributed by atoms with van der Waals surface area (Å²) in [5, 5.41) is 3.06. The van der Waals surface area contributed by atoms with Gasteiger partial charge in [0.15, 0.2) is 0 Å². The van der Waals surface area contributed by atoms with Gasteiger partial charge in [-0.25, -0.2) is 24.9 Å². The second-order valence-electron chi connectivity index (χ2n) is 6.05. The average Bonchev–Trinajstić information content (AvgIpc) is 3.10. The van der Waals surface area contributed by atoms with Gasteiger partial charge in [0.1, 0.15) is 29.8 Å². The first-order chi connectivity index (χ1) is 11.8. The highest BCUT2D eigenvalue weighted by atomic mass is 15.2. The van der Waals surface area contributed by atoms with Crippen LogP contribution in [0.15, 0.2) is 37.1 Å². The number of hydrogen-bond acceptors (Lipinski definition) is 7. The first kappa shape index (κ1) is 14.7. The maximum atomic E-state index is 4.69. The topological polar surface area (TPSA) is 79.7 Å². The van der Waals surface area contributed by atoms with Gasteiger partial charge in [-0.3, -0.25) is 0 Å². The molecule has 0 amide bonds. The van der Waals surface area contributed by atoms with Crippen molar-refractivity contribution in [3.8, 4) is 0 Å². The van der Waals surface area contributed by atoms with E-state index in [0.717, 1.165) is 54.3 Å². The van der Waals surface area contributed by atoms with Crippen LogP contribution >= 0.6 is 0 Å². The van der Waals surface area contributed by atoms with Crippen LogP contribution in [0.2, 0.25) is 0 Å². The van der Waals surface area contributed by atoms with Crippen LogP contribution in [-0.2, 0) is 6.42 Å². The molecule has 1 aliphatic rings. The van der Waals surface area contributed by atoms with E-state index in [-0.39, 0.29) is 0 Å². The van der Waals surface area contributed by atoms with Crippen LogP contribution in [0, 0.1) is 5.92 Å². The summed E-state index contributed by atoms with van der Waals surface area (Å²) in [6, 6.07) is 6.08. The van der Waals surface area contributed by atoms with Crippen LogP contribution in [0.1, 0.15) is 12.1 Å². The molecule has 1 aliphatic heterocycles. The van der Waals surface area contributed by atoms with Crippen LogP contribution in [0.3, 0.4) is 0 Å². The molecule has 122 valence electrons. The second-order valence-corrected chi connectivity index (χ2v) is 6.05. The summed E-state index contributed by atoms with van der Waals surface area (Å²) < 4.78 is 0. The summed E-state index contributed by atoms with van der Waals surface area (Å²) in [5.74, 6) is 2.44. The van der Waals surface area contributed by atoms with Crippen molar-refractivity contribution in [3.63, 3.8) is 0 Å². The van der Waals surface area contributed by atoms with E-state index in [4.69, 9.17) is 4.98 Å². The molecule has 1 atom stereocenters. The maximum Gasteiger partial charge on any atom is 0.129 e. The molecule has 4 heterocycles. The first-order valence-corrected chi connectivity index (χ1v) is 8.12. The fourth-order valence-electron chi connectivity index (χ4n) is 3.19. The van der Waals surface area contributed by atoms with Crippen molar-refractivity contribution < 1.29 is 0 Å². The Morgan fingerprint density at radius 1 is 1.17 bits per heavy atom. The van der Waals surface area contributed by atoms with Crippen LogP contribution in [0.25, 0.3) is 11.0 Å². The Morgan fingerprint density at radius 3 is 3.04 bits per heavy atom. The molecule has 0 radical (unpaired) electrons. The Labute approximate surface area is 140 Å². The number of nitrogens with zero attached hydrogens (tertiary/aromatic N) is 6. The number of pyridine rings is 1. The van der Waals surface area contributed by atoms with Crippen molar-refractivity contribution in [1.82, 2.24) is 24.9 Å². The average molecular weight is 321 g/mol. The third-order valence-electron chi connectivity index (χ3n) is 4.44. The highest BCUT2D eigenvalue weighted by molar-refractivity contribution is 5.75. The van der Waals surface area contributed by atoms with E-state index in [1.54, 1.807) is 18.9 Å². The summed E-state index contributed by atoms with van der Waals surface area (Å²) in [4.78, 5) is 23.9. The molecule has 24 heavy (non-hydrogen) atoms. The number of anilines is 2. The molecule has 3 aromatic heterocycles. The molecule has 0 aliphatic carbocycles. The zero-order chi connectivity index (χ0) is 16.4. The molecule has 1 unspecified atom stereocenters. The summed E-state index contributed by atoms with van der Waals surface area (Å²) in [6.07, 6.45) is 7.04. The lowest BCUT2D eigenvalue weighted by Crippen LogP contribution is -2.21. The van der Waals surface area contributed by atoms with Crippen molar-refractivity contribution in [2.24, 2.45) is 5.92 Å². The van der Waals surface area contributed by atoms with E-state index >= 15 is 0 Å². The van der Waals surface area contributed by atoms with Crippen molar-refractivity contribution in [1.29, 1.82) is 0 Å². The normalized spacial score (nSPS) is 17.4. The molecule has 1 fully saturated rings. The first-order valence-electron chi connectivity index (χ1n) is 8.12. The van der Waals surface area contributed by atoms with Crippen LogP contribution in [0.4, 0.5) is 11.6 Å². The lowest BCUT2D eigenvalue weighted by atomic mass is 10.0. The molecule has 3 aromatic rings. The molecule has 7 heteroatoms. The van der Waals surface area contributed by atoms with E-state index in [0.29, 0.717) is 5.92 Å². The highest BCUT2D eigenvalue weighted by Crippen LogP contribution is 2.25. The molecule has 0 aromatic carbocycles. The van der Waals surface area contributed by atoms with Gasteiger partial charge in [-0.15, -0.1) is 0 Å². The minimum Gasteiger partial charge on any atom is -0.373 e. The molecule has 0 spiro atoms. The Bertz CT molecular complexity index is 851. The third kappa shape index (κ3) is 2.97. The van der Waals surface area contributed by atoms with Crippen LogP contribution in [-0.4, -0.2) is 45.1 Å². The smallest absolute Gasteiger partial charge is 0.129 e.